The molecule has 2 saturated carbocycles. The molecule has 0 amide bonds. The first-order valence-corrected chi connectivity index (χ1v) is 13.5. The lowest BCUT2D eigenvalue weighted by molar-refractivity contribution is 0.0107. The van der Waals surface area contributed by atoms with Crippen molar-refractivity contribution in [3.05, 3.63) is 0 Å². The molecule has 2 aliphatic rings. The van der Waals surface area contributed by atoms with E-state index in [2.05, 4.69) is 6.92 Å². The Morgan fingerprint density at radius 1 is 0.767 bits per heavy atom. The van der Waals surface area contributed by atoms with Gasteiger partial charge >= 0.3 is 0 Å². The highest BCUT2D eigenvalue weighted by atomic mass is 16.5. The number of unbranched alkanes of at least 4 members (excludes halogenated alkanes) is 2. The third-order valence-corrected chi connectivity index (χ3v) is 8.02. The SMILES string of the molecule is CCCCCC1CCC(CCCOC2CCC(CC(CCO)CCOC)CC2)CC1. The van der Waals surface area contributed by atoms with Crippen molar-refractivity contribution in [2.24, 2.45) is 23.7 Å². The van der Waals surface area contributed by atoms with Crippen LogP contribution >= 0.6 is 0 Å². The van der Waals surface area contributed by atoms with E-state index < -0.39 is 0 Å². The molecule has 178 valence electrons. The number of ether oxygens (including phenoxy) is 2. The highest BCUT2D eigenvalue weighted by Gasteiger charge is 2.24. The molecule has 30 heavy (non-hydrogen) atoms. The van der Waals surface area contributed by atoms with Crippen LogP contribution in [0.5, 0.6) is 0 Å². The van der Waals surface area contributed by atoms with E-state index in [4.69, 9.17) is 9.47 Å². The second-order valence-electron chi connectivity index (χ2n) is 10.4. The van der Waals surface area contributed by atoms with E-state index in [9.17, 15) is 5.11 Å². The minimum Gasteiger partial charge on any atom is -0.396 e. The van der Waals surface area contributed by atoms with Crippen LogP contribution in [0.15, 0.2) is 0 Å². The maximum atomic E-state index is 9.32. The molecule has 0 saturated heterocycles. The zero-order chi connectivity index (χ0) is 21.4. The van der Waals surface area contributed by atoms with Gasteiger partial charge in [-0.2, -0.15) is 0 Å². The molecular weight excluding hydrogens is 372 g/mol. The summed E-state index contributed by atoms with van der Waals surface area (Å²) in [4.78, 5) is 0. The molecule has 3 heteroatoms. The molecule has 0 aromatic heterocycles. The van der Waals surface area contributed by atoms with Gasteiger partial charge in [0.25, 0.3) is 0 Å². The standard InChI is InChI=1S/C27H52O3/c1-3-4-5-7-23-9-11-24(12-10-23)8-6-20-30-27-15-13-25(14-16-27)22-26(17-19-28)18-21-29-2/h23-28H,3-22H2,1-2H3. The molecule has 0 radical (unpaired) electrons. The van der Waals surface area contributed by atoms with E-state index >= 15 is 0 Å². The lowest BCUT2D eigenvalue weighted by Gasteiger charge is -2.31. The molecule has 1 N–H and O–H groups in total. The topological polar surface area (TPSA) is 38.7 Å². The molecule has 3 nitrogen and oxygen atoms in total. The minimum atomic E-state index is 0.313. The lowest BCUT2D eigenvalue weighted by Crippen LogP contribution is -2.24. The molecule has 2 fully saturated rings. The van der Waals surface area contributed by atoms with Crippen LogP contribution in [0.3, 0.4) is 0 Å². The fraction of sp³-hybridized carbons (Fsp3) is 1.00. The van der Waals surface area contributed by atoms with Crippen molar-refractivity contribution in [3.8, 4) is 0 Å². The van der Waals surface area contributed by atoms with Crippen LogP contribution in [-0.2, 0) is 9.47 Å². The predicted molar refractivity (Wildman–Crippen MR) is 127 cm³/mol. The summed E-state index contributed by atoms with van der Waals surface area (Å²) >= 11 is 0. The van der Waals surface area contributed by atoms with Crippen molar-refractivity contribution in [2.45, 2.75) is 122 Å². The first-order chi connectivity index (χ1) is 14.7. The predicted octanol–water partition coefficient (Wildman–Crippen LogP) is 7.15. The van der Waals surface area contributed by atoms with Crippen molar-refractivity contribution in [3.63, 3.8) is 0 Å². The van der Waals surface area contributed by atoms with E-state index in [-0.39, 0.29) is 0 Å². The normalized spacial score (nSPS) is 28.5. The zero-order valence-electron chi connectivity index (χ0n) is 20.3. The molecule has 2 rings (SSSR count). The fourth-order valence-corrected chi connectivity index (χ4v) is 5.97. The second kappa shape index (κ2) is 16.5. The van der Waals surface area contributed by atoms with Crippen LogP contribution in [0, 0.1) is 23.7 Å². The summed E-state index contributed by atoms with van der Waals surface area (Å²) in [6.07, 6.45) is 23.2. The Balaban J connectivity index is 1.48. The van der Waals surface area contributed by atoms with Crippen LogP contribution < -0.4 is 0 Å². The number of rotatable bonds is 16. The van der Waals surface area contributed by atoms with Gasteiger partial charge in [-0.3, -0.25) is 0 Å². The Kier molecular flexibility index (Phi) is 14.4. The Labute approximate surface area is 187 Å². The third-order valence-electron chi connectivity index (χ3n) is 8.02. The van der Waals surface area contributed by atoms with Gasteiger partial charge in [0.05, 0.1) is 6.10 Å². The Morgan fingerprint density at radius 2 is 1.40 bits per heavy atom. The van der Waals surface area contributed by atoms with Crippen molar-refractivity contribution in [2.75, 3.05) is 26.9 Å². The van der Waals surface area contributed by atoms with Crippen molar-refractivity contribution in [1.29, 1.82) is 0 Å². The fourth-order valence-electron chi connectivity index (χ4n) is 5.97. The first-order valence-electron chi connectivity index (χ1n) is 13.5. The van der Waals surface area contributed by atoms with Crippen LogP contribution in [0.4, 0.5) is 0 Å². The molecular formula is C27H52O3. The highest BCUT2D eigenvalue weighted by molar-refractivity contribution is 4.76. The Morgan fingerprint density at radius 3 is 2.00 bits per heavy atom. The molecule has 0 aromatic rings. The van der Waals surface area contributed by atoms with E-state index in [0.717, 1.165) is 43.8 Å². The van der Waals surface area contributed by atoms with E-state index in [1.807, 2.05) is 0 Å². The lowest BCUT2D eigenvalue weighted by atomic mass is 9.78. The molecule has 0 heterocycles. The van der Waals surface area contributed by atoms with Gasteiger partial charge in [-0.25, -0.2) is 0 Å². The van der Waals surface area contributed by atoms with Gasteiger partial charge in [0.1, 0.15) is 0 Å². The first kappa shape index (κ1) is 26.1. The number of aliphatic hydroxyl groups is 1. The minimum absolute atomic E-state index is 0.313. The van der Waals surface area contributed by atoms with Gasteiger partial charge in [-0.05, 0) is 81.5 Å². The Bertz CT molecular complexity index is 384. The quantitative estimate of drug-likeness (QED) is 0.267. The van der Waals surface area contributed by atoms with Crippen molar-refractivity contribution in [1.82, 2.24) is 0 Å². The molecule has 0 aliphatic heterocycles. The van der Waals surface area contributed by atoms with Gasteiger partial charge in [-0.1, -0.05) is 58.3 Å². The highest BCUT2D eigenvalue weighted by Crippen LogP contribution is 2.35. The van der Waals surface area contributed by atoms with Gasteiger partial charge in [0.2, 0.25) is 0 Å². The van der Waals surface area contributed by atoms with Crippen LogP contribution in [0.2, 0.25) is 0 Å². The monoisotopic (exact) mass is 424 g/mol. The number of methoxy groups -OCH3 is 1. The average molecular weight is 425 g/mol. The van der Waals surface area contributed by atoms with Gasteiger partial charge in [0.15, 0.2) is 0 Å². The maximum Gasteiger partial charge on any atom is 0.0575 e. The van der Waals surface area contributed by atoms with Crippen molar-refractivity contribution < 1.29 is 14.6 Å². The number of hydrogen-bond acceptors (Lipinski definition) is 3. The maximum absolute atomic E-state index is 9.32. The van der Waals surface area contributed by atoms with Gasteiger partial charge in [0, 0.05) is 26.9 Å². The van der Waals surface area contributed by atoms with E-state index in [1.165, 1.54) is 96.3 Å². The average Bonchev–Trinajstić information content (AvgIpc) is 2.77. The zero-order valence-corrected chi connectivity index (χ0v) is 20.3. The molecule has 0 bridgehead atoms. The summed E-state index contributed by atoms with van der Waals surface area (Å²) in [5.41, 5.74) is 0. The third kappa shape index (κ3) is 11.0. The van der Waals surface area contributed by atoms with Crippen LogP contribution in [0.1, 0.15) is 116 Å². The van der Waals surface area contributed by atoms with E-state index in [1.54, 1.807) is 7.11 Å². The largest absolute Gasteiger partial charge is 0.396 e. The van der Waals surface area contributed by atoms with Gasteiger partial charge in [-0.15, -0.1) is 0 Å². The molecule has 0 spiro atoms. The number of hydrogen-bond donors (Lipinski definition) is 1. The van der Waals surface area contributed by atoms with Crippen molar-refractivity contribution >= 4 is 0 Å². The summed E-state index contributed by atoms with van der Waals surface area (Å²) < 4.78 is 11.5. The molecule has 2 aliphatic carbocycles. The molecule has 1 atom stereocenters. The van der Waals surface area contributed by atoms with Crippen LogP contribution in [0.25, 0.3) is 0 Å². The summed E-state index contributed by atoms with van der Waals surface area (Å²) in [5, 5.41) is 9.32. The molecule has 0 aromatic carbocycles. The Hall–Kier alpha value is -0.120. The smallest absolute Gasteiger partial charge is 0.0575 e. The summed E-state index contributed by atoms with van der Waals surface area (Å²) in [7, 11) is 1.78. The number of aliphatic hydroxyl groups excluding tert-OH is 1. The van der Waals surface area contributed by atoms with Gasteiger partial charge < -0.3 is 14.6 Å². The van der Waals surface area contributed by atoms with Crippen LogP contribution in [-0.4, -0.2) is 38.1 Å². The summed E-state index contributed by atoms with van der Waals surface area (Å²) in [5.74, 6) is 3.46. The molecule has 1 unspecified atom stereocenters. The summed E-state index contributed by atoms with van der Waals surface area (Å²) in [6.45, 7) is 4.42. The second-order valence-corrected chi connectivity index (χ2v) is 10.4. The van der Waals surface area contributed by atoms with E-state index in [0.29, 0.717) is 18.6 Å². The summed E-state index contributed by atoms with van der Waals surface area (Å²) in [6, 6.07) is 0.